The third-order valence-electron chi connectivity index (χ3n) is 7.10. The van der Waals surface area contributed by atoms with E-state index in [2.05, 4.69) is 42.0 Å². The number of nitrogens with zero attached hydrogens (tertiary/aromatic N) is 2. The van der Waals surface area contributed by atoms with Crippen LogP contribution in [0.2, 0.25) is 5.02 Å². The van der Waals surface area contributed by atoms with Crippen LogP contribution in [0.4, 0.5) is 0 Å². The molecule has 1 fully saturated rings. The van der Waals surface area contributed by atoms with Crippen LogP contribution in [0.1, 0.15) is 102 Å². The van der Waals surface area contributed by atoms with Crippen LogP contribution in [0.25, 0.3) is 11.1 Å². The summed E-state index contributed by atoms with van der Waals surface area (Å²) in [5.74, 6) is 2.84. The molecule has 170 valence electrons. The molecule has 0 atom stereocenters. The van der Waals surface area contributed by atoms with Gasteiger partial charge < -0.3 is 0 Å². The van der Waals surface area contributed by atoms with E-state index in [0.29, 0.717) is 0 Å². The fourth-order valence-corrected chi connectivity index (χ4v) is 5.23. The molecule has 0 radical (unpaired) electrons. The molecule has 1 aliphatic carbocycles. The summed E-state index contributed by atoms with van der Waals surface area (Å²) in [7, 11) is 0. The molecule has 0 saturated heterocycles. The highest BCUT2D eigenvalue weighted by Crippen LogP contribution is 2.34. The van der Waals surface area contributed by atoms with Gasteiger partial charge in [0.25, 0.3) is 0 Å². The topological polar surface area (TPSA) is 25.8 Å². The Morgan fingerprint density at radius 2 is 1.42 bits per heavy atom. The van der Waals surface area contributed by atoms with Crippen molar-refractivity contribution in [1.82, 2.24) is 9.97 Å². The average molecular weight is 441 g/mol. The number of aromatic nitrogens is 2. The maximum absolute atomic E-state index is 6.53. The molecule has 2 aromatic rings. The van der Waals surface area contributed by atoms with E-state index in [-0.39, 0.29) is 0 Å². The minimum absolute atomic E-state index is 0.864. The summed E-state index contributed by atoms with van der Waals surface area (Å²) < 4.78 is 0. The second-order valence-corrected chi connectivity index (χ2v) is 9.98. The molecule has 3 heteroatoms. The maximum Gasteiger partial charge on any atom is 0.128 e. The van der Waals surface area contributed by atoms with E-state index >= 15 is 0 Å². The predicted octanol–water partition coefficient (Wildman–Crippen LogP) is 8.85. The van der Waals surface area contributed by atoms with Crippen molar-refractivity contribution >= 4 is 11.6 Å². The molecule has 3 rings (SSSR count). The molecule has 1 aromatic heterocycles. The van der Waals surface area contributed by atoms with Crippen molar-refractivity contribution in [3.63, 3.8) is 0 Å². The standard InChI is InChI=1S/C28H41ClN2/c1-3-5-7-9-22-11-13-23(14-12-22)15-18-28-30-20-26(21-31-28)25-17-16-24(27(29)19-25)10-8-6-4-2/h16-17,19-23H,3-15,18H2,1-2H3/t22-,23-. The first-order valence-corrected chi connectivity index (χ1v) is 13.2. The zero-order valence-corrected chi connectivity index (χ0v) is 20.5. The van der Waals surface area contributed by atoms with Gasteiger partial charge in [0.15, 0.2) is 0 Å². The SMILES string of the molecule is CCCCCc1ccc(-c2cnc(CC[C@H]3CC[C@H](CCCCC)CC3)nc2)cc1Cl. The van der Waals surface area contributed by atoms with Crippen LogP contribution in [-0.2, 0) is 12.8 Å². The van der Waals surface area contributed by atoms with Crippen molar-refractivity contribution < 1.29 is 0 Å². The van der Waals surface area contributed by atoms with Gasteiger partial charge in [0.1, 0.15) is 5.82 Å². The Morgan fingerprint density at radius 1 is 0.774 bits per heavy atom. The van der Waals surface area contributed by atoms with Crippen molar-refractivity contribution in [1.29, 1.82) is 0 Å². The minimum Gasteiger partial charge on any atom is -0.241 e. The van der Waals surface area contributed by atoms with E-state index < -0.39 is 0 Å². The third-order valence-corrected chi connectivity index (χ3v) is 7.45. The third kappa shape index (κ3) is 7.90. The minimum atomic E-state index is 0.864. The predicted molar refractivity (Wildman–Crippen MR) is 134 cm³/mol. The van der Waals surface area contributed by atoms with E-state index in [0.717, 1.165) is 46.7 Å². The molecule has 1 aromatic carbocycles. The van der Waals surface area contributed by atoms with Crippen LogP contribution < -0.4 is 0 Å². The Hall–Kier alpha value is -1.41. The zero-order valence-electron chi connectivity index (χ0n) is 19.7. The largest absolute Gasteiger partial charge is 0.241 e. The van der Waals surface area contributed by atoms with Gasteiger partial charge in [-0.05, 0) is 48.3 Å². The first-order chi connectivity index (χ1) is 15.2. The number of halogens is 1. The van der Waals surface area contributed by atoms with Crippen LogP contribution in [0.3, 0.4) is 0 Å². The molecular weight excluding hydrogens is 400 g/mol. The van der Waals surface area contributed by atoms with Crippen molar-refractivity contribution in [2.24, 2.45) is 11.8 Å². The van der Waals surface area contributed by atoms with Gasteiger partial charge in [0, 0.05) is 29.4 Å². The highest BCUT2D eigenvalue weighted by Gasteiger charge is 2.21. The number of unbranched alkanes of at least 4 members (excludes halogenated alkanes) is 4. The summed E-state index contributed by atoms with van der Waals surface area (Å²) in [4.78, 5) is 9.33. The lowest BCUT2D eigenvalue weighted by molar-refractivity contribution is 0.248. The summed E-state index contributed by atoms with van der Waals surface area (Å²) >= 11 is 6.53. The molecule has 2 nitrogen and oxygen atoms in total. The lowest BCUT2D eigenvalue weighted by Crippen LogP contribution is -2.15. The fourth-order valence-electron chi connectivity index (χ4n) is 4.95. The summed E-state index contributed by atoms with van der Waals surface area (Å²) in [5, 5.41) is 0.864. The Kier molecular flexibility index (Phi) is 10.3. The molecule has 0 unspecified atom stereocenters. The first kappa shape index (κ1) is 24.2. The molecule has 0 bridgehead atoms. The molecule has 1 aliphatic rings. The summed E-state index contributed by atoms with van der Waals surface area (Å²) in [6.07, 6.45) is 22.2. The summed E-state index contributed by atoms with van der Waals surface area (Å²) in [5.41, 5.74) is 3.41. The van der Waals surface area contributed by atoms with Gasteiger partial charge in [0.2, 0.25) is 0 Å². The zero-order chi connectivity index (χ0) is 21.9. The van der Waals surface area contributed by atoms with Gasteiger partial charge in [0.05, 0.1) is 0 Å². The molecule has 0 N–H and O–H groups in total. The van der Waals surface area contributed by atoms with Gasteiger partial charge in [-0.1, -0.05) is 102 Å². The Bertz CT molecular complexity index is 763. The number of hydrogen-bond donors (Lipinski definition) is 0. The van der Waals surface area contributed by atoms with E-state index in [4.69, 9.17) is 11.6 Å². The van der Waals surface area contributed by atoms with Gasteiger partial charge >= 0.3 is 0 Å². The number of hydrogen-bond acceptors (Lipinski definition) is 2. The Balaban J connectivity index is 1.45. The maximum atomic E-state index is 6.53. The van der Waals surface area contributed by atoms with Crippen LogP contribution in [-0.4, -0.2) is 9.97 Å². The highest BCUT2D eigenvalue weighted by molar-refractivity contribution is 6.31. The van der Waals surface area contributed by atoms with E-state index in [1.54, 1.807) is 0 Å². The van der Waals surface area contributed by atoms with Gasteiger partial charge in [-0.25, -0.2) is 9.97 Å². The van der Waals surface area contributed by atoms with Crippen molar-refractivity contribution in [3.05, 3.63) is 47.0 Å². The molecule has 1 heterocycles. The van der Waals surface area contributed by atoms with Crippen LogP contribution in [0.15, 0.2) is 30.6 Å². The molecule has 31 heavy (non-hydrogen) atoms. The molecule has 0 spiro atoms. The van der Waals surface area contributed by atoms with Gasteiger partial charge in [-0.2, -0.15) is 0 Å². The van der Waals surface area contributed by atoms with E-state index in [1.165, 1.54) is 82.6 Å². The quantitative estimate of drug-likeness (QED) is 0.308. The Labute approximate surface area is 195 Å². The molecule has 1 saturated carbocycles. The molecule has 0 aliphatic heterocycles. The molecule has 0 amide bonds. The van der Waals surface area contributed by atoms with Crippen LogP contribution in [0, 0.1) is 11.8 Å². The van der Waals surface area contributed by atoms with Crippen LogP contribution >= 0.6 is 11.6 Å². The second kappa shape index (κ2) is 13.2. The van der Waals surface area contributed by atoms with Crippen molar-refractivity contribution in [2.45, 2.75) is 104 Å². The normalized spacial score (nSPS) is 18.9. The number of benzene rings is 1. The van der Waals surface area contributed by atoms with Gasteiger partial charge in [-0.3, -0.25) is 0 Å². The smallest absolute Gasteiger partial charge is 0.128 e. The van der Waals surface area contributed by atoms with Crippen molar-refractivity contribution in [3.8, 4) is 11.1 Å². The summed E-state index contributed by atoms with van der Waals surface area (Å²) in [6.45, 7) is 4.53. The molecular formula is C28H41ClN2. The average Bonchev–Trinajstić information content (AvgIpc) is 2.80. The van der Waals surface area contributed by atoms with E-state index in [1.807, 2.05) is 12.4 Å². The second-order valence-electron chi connectivity index (χ2n) is 9.57. The number of aryl methyl sites for hydroxylation is 2. The lowest BCUT2D eigenvalue weighted by Gasteiger charge is -2.28. The highest BCUT2D eigenvalue weighted by atomic mass is 35.5. The van der Waals surface area contributed by atoms with Crippen molar-refractivity contribution in [2.75, 3.05) is 0 Å². The first-order valence-electron chi connectivity index (χ1n) is 12.8. The lowest BCUT2D eigenvalue weighted by atomic mass is 9.78. The Morgan fingerprint density at radius 3 is 2.06 bits per heavy atom. The fraction of sp³-hybridized carbons (Fsp3) is 0.643. The summed E-state index contributed by atoms with van der Waals surface area (Å²) in [6, 6.07) is 6.39. The number of rotatable bonds is 12. The van der Waals surface area contributed by atoms with Gasteiger partial charge in [-0.15, -0.1) is 0 Å². The van der Waals surface area contributed by atoms with Crippen LogP contribution in [0.5, 0.6) is 0 Å². The monoisotopic (exact) mass is 440 g/mol. The van der Waals surface area contributed by atoms with E-state index in [9.17, 15) is 0 Å².